The quantitative estimate of drug-likeness (QED) is 0.748. The van der Waals surface area contributed by atoms with Crippen LogP contribution < -0.4 is 0 Å². The predicted octanol–water partition coefficient (Wildman–Crippen LogP) is 1.68. The molecule has 0 unspecified atom stereocenters. The summed E-state index contributed by atoms with van der Waals surface area (Å²) in [5.41, 5.74) is 0.318. The molecule has 102 valence electrons. The summed E-state index contributed by atoms with van der Waals surface area (Å²) in [6.45, 7) is 8.48. The highest BCUT2D eigenvalue weighted by Crippen LogP contribution is 2.43. The first kappa shape index (κ1) is 12.4. The van der Waals surface area contributed by atoms with Crippen LogP contribution >= 0.6 is 0 Å². The molecule has 1 amide bonds. The Bertz CT molecular complexity index is 352. The SMILES string of the molecule is CC(C)N1CCCC2(CN(C(=O)[C@@H]3C[C@H]3F)C2)C1. The molecule has 0 aromatic carbocycles. The fraction of sp³-hybridized carbons (Fsp3) is 0.929. The first-order valence-electron chi connectivity index (χ1n) is 7.18. The van der Waals surface area contributed by atoms with Gasteiger partial charge >= 0.3 is 0 Å². The van der Waals surface area contributed by atoms with Crippen molar-refractivity contribution in [3.8, 4) is 0 Å². The molecule has 0 bridgehead atoms. The minimum absolute atomic E-state index is 0.0646. The Hall–Kier alpha value is -0.640. The van der Waals surface area contributed by atoms with E-state index in [-0.39, 0.29) is 11.8 Å². The molecule has 2 aliphatic heterocycles. The summed E-state index contributed by atoms with van der Waals surface area (Å²) in [6, 6.07) is 0.589. The second-order valence-corrected chi connectivity index (χ2v) is 6.72. The molecule has 0 radical (unpaired) electrons. The zero-order valence-corrected chi connectivity index (χ0v) is 11.4. The standard InChI is InChI=1S/C14H23FN2O/c1-10(2)16-5-3-4-14(7-16)8-17(9-14)13(18)11-6-12(11)15/h10-12H,3-9H2,1-2H3/t11-,12-/m1/s1. The second-order valence-electron chi connectivity index (χ2n) is 6.72. The monoisotopic (exact) mass is 254 g/mol. The highest BCUT2D eigenvalue weighted by atomic mass is 19.1. The van der Waals surface area contributed by atoms with Gasteiger partial charge in [0.1, 0.15) is 6.17 Å². The summed E-state index contributed by atoms with van der Waals surface area (Å²) in [6.07, 6.45) is 2.06. The Balaban J connectivity index is 1.55. The summed E-state index contributed by atoms with van der Waals surface area (Å²) < 4.78 is 12.9. The van der Waals surface area contributed by atoms with E-state index in [1.807, 2.05) is 4.90 Å². The van der Waals surface area contributed by atoms with Gasteiger partial charge in [-0.05, 0) is 39.7 Å². The average molecular weight is 254 g/mol. The van der Waals surface area contributed by atoms with Crippen molar-refractivity contribution in [2.45, 2.75) is 45.3 Å². The van der Waals surface area contributed by atoms with Gasteiger partial charge in [0.25, 0.3) is 0 Å². The van der Waals surface area contributed by atoms with Crippen LogP contribution in [0.2, 0.25) is 0 Å². The van der Waals surface area contributed by atoms with Crippen LogP contribution in [0.4, 0.5) is 4.39 Å². The lowest BCUT2D eigenvalue weighted by atomic mass is 9.73. The molecule has 3 nitrogen and oxygen atoms in total. The number of alkyl halides is 1. The molecule has 1 spiro atoms. The summed E-state index contributed by atoms with van der Waals surface area (Å²) in [7, 11) is 0. The third-order valence-electron chi connectivity index (χ3n) is 4.82. The van der Waals surface area contributed by atoms with Crippen LogP contribution in [0.25, 0.3) is 0 Å². The molecule has 3 rings (SSSR count). The van der Waals surface area contributed by atoms with Gasteiger partial charge in [-0.25, -0.2) is 4.39 Å². The molecular formula is C14H23FN2O. The molecule has 0 aromatic heterocycles. The Morgan fingerprint density at radius 1 is 1.33 bits per heavy atom. The predicted molar refractivity (Wildman–Crippen MR) is 68.0 cm³/mol. The number of amides is 1. The van der Waals surface area contributed by atoms with Gasteiger partial charge in [0.15, 0.2) is 0 Å². The fourth-order valence-electron chi connectivity index (χ4n) is 3.52. The van der Waals surface area contributed by atoms with Gasteiger partial charge in [-0.15, -0.1) is 0 Å². The smallest absolute Gasteiger partial charge is 0.228 e. The topological polar surface area (TPSA) is 23.6 Å². The summed E-state index contributed by atoms with van der Waals surface area (Å²) in [4.78, 5) is 16.3. The maximum absolute atomic E-state index is 12.9. The van der Waals surface area contributed by atoms with E-state index in [2.05, 4.69) is 18.7 Å². The molecule has 3 aliphatic rings. The molecule has 2 saturated heterocycles. The van der Waals surface area contributed by atoms with E-state index < -0.39 is 6.17 Å². The largest absolute Gasteiger partial charge is 0.341 e. The molecule has 18 heavy (non-hydrogen) atoms. The van der Waals surface area contributed by atoms with E-state index in [9.17, 15) is 9.18 Å². The van der Waals surface area contributed by atoms with Crippen molar-refractivity contribution in [2.75, 3.05) is 26.2 Å². The van der Waals surface area contributed by atoms with Crippen LogP contribution in [0.15, 0.2) is 0 Å². The van der Waals surface area contributed by atoms with Crippen molar-refractivity contribution in [1.29, 1.82) is 0 Å². The zero-order chi connectivity index (χ0) is 12.9. The van der Waals surface area contributed by atoms with Crippen LogP contribution in [0.1, 0.15) is 33.1 Å². The lowest BCUT2D eigenvalue weighted by Crippen LogP contribution is -2.65. The van der Waals surface area contributed by atoms with Gasteiger partial charge in [-0.3, -0.25) is 4.79 Å². The first-order valence-corrected chi connectivity index (χ1v) is 7.18. The van der Waals surface area contributed by atoms with Gasteiger partial charge in [-0.2, -0.15) is 0 Å². The van der Waals surface area contributed by atoms with Gasteiger partial charge < -0.3 is 9.80 Å². The Labute approximate surface area is 108 Å². The number of likely N-dealkylation sites (tertiary alicyclic amines) is 2. The summed E-state index contributed by atoms with van der Waals surface area (Å²) >= 11 is 0. The summed E-state index contributed by atoms with van der Waals surface area (Å²) in [5.74, 6) is -0.234. The first-order chi connectivity index (χ1) is 8.51. The van der Waals surface area contributed by atoms with E-state index in [1.165, 1.54) is 19.4 Å². The second kappa shape index (κ2) is 4.19. The molecule has 1 saturated carbocycles. The van der Waals surface area contributed by atoms with Gasteiger partial charge in [0.2, 0.25) is 5.91 Å². The van der Waals surface area contributed by atoms with Crippen LogP contribution in [-0.2, 0) is 4.79 Å². The third-order valence-corrected chi connectivity index (χ3v) is 4.82. The molecule has 3 fully saturated rings. The normalized spacial score (nSPS) is 34.8. The van der Waals surface area contributed by atoms with Crippen LogP contribution in [0.3, 0.4) is 0 Å². The number of nitrogens with zero attached hydrogens (tertiary/aromatic N) is 2. The van der Waals surface area contributed by atoms with Gasteiger partial charge in [0.05, 0.1) is 5.92 Å². The molecule has 2 heterocycles. The Morgan fingerprint density at radius 2 is 2.00 bits per heavy atom. The Kier molecular flexibility index (Phi) is 2.88. The molecular weight excluding hydrogens is 231 g/mol. The number of carbonyl (C=O) groups excluding carboxylic acids is 1. The number of hydrogen-bond donors (Lipinski definition) is 0. The maximum atomic E-state index is 12.9. The van der Waals surface area contributed by atoms with E-state index in [0.29, 0.717) is 17.9 Å². The van der Waals surface area contributed by atoms with Gasteiger partial charge in [-0.1, -0.05) is 0 Å². The molecule has 0 aromatic rings. The third kappa shape index (κ3) is 2.04. The van der Waals surface area contributed by atoms with E-state index in [1.54, 1.807) is 0 Å². The maximum Gasteiger partial charge on any atom is 0.228 e. The van der Waals surface area contributed by atoms with Crippen molar-refractivity contribution >= 4 is 5.91 Å². The van der Waals surface area contributed by atoms with Crippen molar-refractivity contribution < 1.29 is 9.18 Å². The number of piperidine rings is 1. The van der Waals surface area contributed by atoms with Crippen LogP contribution in [0, 0.1) is 11.3 Å². The average Bonchev–Trinajstić information content (AvgIpc) is 3.02. The number of rotatable bonds is 2. The van der Waals surface area contributed by atoms with Crippen LogP contribution in [0.5, 0.6) is 0 Å². The van der Waals surface area contributed by atoms with Crippen molar-refractivity contribution in [3.05, 3.63) is 0 Å². The highest BCUT2D eigenvalue weighted by Gasteiger charge is 2.53. The van der Waals surface area contributed by atoms with Gasteiger partial charge in [0, 0.05) is 31.1 Å². The van der Waals surface area contributed by atoms with E-state index in [0.717, 1.165) is 19.6 Å². The van der Waals surface area contributed by atoms with E-state index >= 15 is 0 Å². The molecule has 0 N–H and O–H groups in total. The number of hydrogen-bond acceptors (Lipinski definition) is 2. The fourth-order valence-corrected chi connectivity index (χ4v) is 3.52. The lowest BCUT2D eigenvalue weighted by Gasteiger charge is -2.55. The van der Waals surface area contributed by atoms with Crippen molar-refractivity contribution in [2.24, 2.45) is 11.3 Å². The molecule has 2 atom stereocenters. The minimum Gasteiger partial charge on any atom is -0.341 e. The highest BCUT2D eigenvalue weighted by molar-refractivity contribution is 5.83. The molecule has 4 heteroatoms. The summed E-state index contributed by atoms with van der Waals surface area (Å²) in [5, 5.41) is 0. The number of carbonyl (C=O) groups is 1. The minimum atomic E-state index is -0.854. The molecule has 1 aliphatic carbocycles. The lowest BCUT2D eigenvalue weighted by molar-refractivity contribution is -0.149. The van der Waals surface area contributed by atoms with E-state index in [4.69, 9.17) is 0 Å². The van der Waals surface area contributed by atoms with Crippen LogP contribution in [-0.4, -0.2) is 54.1 Å². The Morgan fingerprint density at radius 3 is 2.56 bits per heavy atom. The van der Waals surface area contributed by atoms with Crippen molar-refractivity contribution in [1.82, 2.24) is 9.80 Å². The number of halogens is 1. The zero-order valence-electron chi connectivity index (χ0n) is 11.4. The van der Waals surface area contributed by atoms with Crippen molar-refractivity contribution in [3.63, 3.8) is 0 Å².